The zero-order valence-electron chi connectivity index (χ0n) is 13.3. The maximum Gasteiger partial charge on any atom is 0.271 e. The van der Waals surface area contributed by atoms with Gasteiger partial charge in [0.2, 0.25) is 5.91 Å². The normalized spacial score (nSPS) is 23.4. The van der Waals surface area contributed by atoms with E-state index in [1.807, 2.05) is 29.9 Å². The molecule has 1 aliphatic heterocycles. The number of nitrogens with one attached hydrogen (secondary N) is 1. The summed E-state index contributed by atoms with van der Waals surface area (Å²) in [5, 5.41) is 2.93. The van der Waals surface area contributed by atoms with Crippen LogP contribution in [-0.2, 0) is 11.8 Å². The quantitative estimate of drug-likeness (QED) is 0.928. The van der Waals surface area contributed by atoms with Gasteiger partial charge in [-0.05, 0) is 24.5 Å². The van der Waals surface area contributed by atoms with E-state index in [1.165, 1.54) is 32.1 Å². The van der Waals surface area contributed by atoms with Crippen LogP contribution in [0.1, 0.15) is 49.0 Å². The van der Waals surface area contributed by atoms with Crippen molar-refractivity contribution in [3.63, 3.8) is 0 Å². The minimum atomic E-state index is -0.306. The Kier molecular flexibility index (Phi) is 4.50. The molecule has 5 nitrogen and oxygen atoms in total. The molecule has 1 N–H and O–H groups in total. The number of amides is 2. The van der Waals surface area contributed by atoms with Crippen molar-refractivity contribution in [2.45, 2.75) is 44.6 Å². The molecule has 2 aliphatic rings. The number of hydrogen-bond acceptors (Lipinski definition) is 2. The van der Waals surface area contributed by atoms with Crippen molar-refractivity contribution in [3.05, 3.63) is 24.0 Å². The van der Waals surface area contributed by atoms with E-state index in [-0.39, 0.29) is 17.9 Å². The lowest BCUT2D eigenvalue weighted by molar-refractivity contribution is -0.128. The number of aromatic nitrogens is 1. The Bertz CT molecular complexity index is 546. The van der Waals surface area contributed by atoms with Crippen molar-refractivity contribution in [1.29, 1.82) is 0 Å². The molecule has 1 saturated carbocycles. The van der Waals surface area contributed by atoms with E-state index in [9.17, 15) is 9.59 Å². The van der Waals surface area contributed by atoms with Gasteiger partial charge in [-0.25, -0.2) is 0 Å². The maximum atomic E-state index is 12.8. The average molecular weight is 303 g/mol. The highest BCUT2D eigenvalue weighted by molar-refractivity contribution is 5.97. The first-order valence-corrected chi connectivity index (χ1v) is 8.37. The third-order valence-corrected chi connectivity index (χ3v) is 5.04. The minimum absolute atomic E-state index is 0.0133. The summed E-state index contributed by atoms with van der Waals surface area (Å²) in [6, 6.07) is 3.39. The van der Waals surface area contributed by atoms with Crippen LogP contribution in [0, 0.1) is 5.92 Å². The predicted molar refractivity (Wildman–Crippen MR) is 84.4 cm³/mol. The lowest BCUT2D eigenvalue weighted by Crippen LogP contribution is -2.58. The Morgan fingerprint density at radius 2 is 2.09 bits per heavy atom. The van der Waals surface area contributed by atoms with Gasteiger partial charge in [0, 0.05) is 26.3 Å². The van der Waals surface area contributed by atoms with E-state index in [2.05, 4.69) is 5.32 Å². The molecule has 22 heavy (non-hydrogen) atoms. The fourth-order valence-electron chi connectivity index (χ4n) is 3.76. The van der Waals surface area contributed by atoms with Crippen molar-refractivity contribution < 1.29 is 9.59 Å². The first-order valence-electron chi connectivity index (χ1n) is 8.37. The lowest BCUT2D eigenvalue weighted by atomic mass is 9.84. The molecule has 1 saturated heterocycles. The molecule has 5 heteroatoms. The molecule has 1 aromatic heterocycles. The van der Waals surface area contributed by atoms with Gasteiger partial charge in [-0.2, -0.15) is 0 Å². The van der Waals surface area contributed by atoms with Crippen molar-refractivity contribution in [1.82, 2.24) is 14.8 Å². The van der Waals surface area contributed by atoms with Crippen LogP contribution in [0.4, 0.5) is 0 Å². The molecular weight excluding hydrogens is 278 g/mol. The van der Waals surface area contributed by atoms with Gasteiger partial charge in [0.05, 0.1) is 0 Å². The van der Waals surface area contributed by atoms with Crippen LogP contribution in [0.3, 0.4) is 0 Å². The van der Waals surface area contributed by atoms with Gasteiger partial charge in [0.1, 0.15) is 11.7 Å². The molecule has 3 rings (SSSR count). The Labute approximate surface area is 131 Å². The van der Waals surface area contributed by atoms with E-state index < -0.39 is 0 Å². The van der Waals surface area contributed by atoms with Gasteiger partial charge >= 0.3 is 0 Å². The second-order valence-electron chi connectivity index (χ2n) is 6.55. The Balaban J connectivity index is 1.76. The van der Waals surface area contributed by atoms with Crippen LogP contribution >= 0.6 is 0 Å². The van der Waals surface area contributed by atoms with E-state index in [0.717, 1.165) is 6.42 Å². The zero-order valence-corrected chi connectivity index (χ0v) is 13.3. The fraction of sp³-hybridized carbons (Fsp3) is 0.647. The third kappa shape index (κ3) is 3.03. The molecule has 0 radical (unpaired) electrons. The van der Waals surface area contributed by atoms with Crippen LogP contribution in [0.25, 0.3) is 0 Å². The standard InChI is InChI=1S/C17H25N3O2/c1-19-10-5-8-14(19)17(22)20-11-9-18-16(21)15(20)12-13-6-3-2-4-7-13/h5,8,10,13,15H,2-4,6-7,9,11-12H2,1H3,(H,18,21). The third-order valence-electron chi connectivity index (χ3n) is 5.04. The van der Waals surface area contributed by atoms with Crippen LogP contribution in [0.15, 0.2) is 18.3 Å². The Morgan fingerprint density at radius 1 is 1.32 bits per heavy atom. The van der Waals surface area contributed by atoms with Crippen molar-refractivity contribution in [2.24, 2.45) is 13.0 Å². The van der Waals surface area contributed by atoms with Gasteiger partial charge in [-0.3, -0.25) is 9.59 Å². The molecule has 0 spiro atoms. The summed E-state index contributed by atoms with van der Waals surface area (Å²) in [6.45, 7) is 1.16. The summed E-state index contributed by atoms with van der Waals surface area (Å²) < 4.78 is 1.83. The second kappa shape index (κ2) is 6.55. The molecule has 120 valence electrons. The largest absolute Gasteiger partial charge is 0.353 e. The maximum absolute atomic E-state index is 12.8. The number of nitrogens with zero attached hydrogens (tertiary/aromatic N) is 2. The number of carbonyl (C=O) groups excluding carboxylic acids is 2. The molecule has 0 aromatic carbocycles. The highest BCUT2D eigenvalue weighted by Crippen LogP contribution is 2.29. The smallest absolute Gasteiger partial charge is 0.271 e. The monoisotopic (exact) mass is 303 g/mol. The number of piperazine rings is 1. The summed E-state index contributed by atoms with van der Waals surface area (Å²) in [6.07, 6.45) is 8.87. The van der Waals surface area contributed by atoms with Gasteiger partial charge in [0.15, 0.2) is 0 Å². The van der Waals surface area contributed by atoms with Gasteiger partial charge < -0.3 is 14.8 Å². The minimum Gasteiger partial charge on any atom is -0.353 e. The number of aryl methyl sites for hydroxylation is 1. The predicted octanol–water partition coefficient (Wildman–Crippen LogP) is 1.94. The molecule has 2 heterocycles. The highest BCUT2D eigenvalue weighted by atomic mass is 16.2. The SMILES string of the molecule is Cn1cccc1C(=O)N1CCNC(=O)C1CC1CCCCC1. The van der Waals surface area contributed by atoms with E-state index >= 15 is 0 Å². The molecule has 1 aliphatic carbocycles. The molecule has 2 fully saturated rings. The summed E-state index contributed by atoms with van der Waals surface area (Å²) in [5.41, 5.74) is 0.656. The van der Waals surface area contributed by atoms with Crippen LogP contribution in [-0.4, -0.2) is 40.4 Å². The summed E-state index contributed by atoms with van der Waals surface area (Å²) in [5.74, 6) is 0.564. The van der Waals surface area contributed by atoms with Crippen molar-refractivity contribution in [3.8, 4) is 0 Å². The van der Waals surface area contributed by atoms with Crippen LogP contribution < -0.4 is 5.32 Å². The molecule has 1 atom stereocenters. The second-order valence-corrected chi connectivity index (χ2v) is 6.55. The fourth-order valence-corrected chi connectivity index (χ4v) is 3.76. The Morgan fingerprint density at radius 3 is 2.77 bits per heavy atom. The summed E-state index contributed by atoms with van der Waals surface area (Å²) >= 11 is 0. The zero-order chi connectivity index (χ0) is 15.5. The van der Waals surface area contributed by atoms with E-state index in [4.69, 9.17) is 0 Å². The van der Waals surface area contributed by atoms with Crippen LogP contribution in [0.2, 0.25) is 0 Å². The first kappa shape index (κ1) is 15.1. The molecular formula is C17H25N3O2. The van der Waals surface area contributed by atoms with Gasteiger partial charge in [-0.15, -0.1) is 0 Å². The molecule has 0 bridgehead atoms. The van der Waals surface area contributed by atoms with E-state index in [1.54, 1.807) is 4.90 Å². The summed E-state index contributed by atoms with van der Waals surface area (Å²) in [7, 11) is 1.87. The highest BCUT2D eigenvalue weighted by Gasteiger charge is 2.35. The number of carbonyl (C=O) groups is 2. The number of rotatable bonds is 3. The van der Waals surface area contributed by atoms with Gasteiger partial charge in [-0.1, -0.05) is 32.1 Å². The van der Waals surface area contributed by atoms with Crippen molar-refractivity contribution in [2.75, 3.05) is 13.1 Å². The summed E-state index contributed by atoms with van der Waals surface area (Å²) in [4.78, 5) is 26.9. The molecule has 1 aromatic rings. The van der Waals surface area contributed by atoms with Gasteiger partial charge in [0.25, 0.3) is 5.91 Å². The van der Waals surface area contributed by atoms with Crippen molar-refractivity contribution >= 4 is 11.8 Å². The topological polar surface area (TPSA) is 54.3 Å². The Hall–Kier alpha value is -1.78. The van der Waals surface area contributed by atoms with Crippen LogP contribution in [0.5, 0.6) is 0 Å². The molecule has 1 unspecified atom stereocenters. The number of hydrogen-bond donors (Lipinski definition) is 1. The van der Waals surface area contributed by atoms with E-state index in [0.29, 0.717) is 24.7 Å². The first-order chi connectivity index (χ1) is 10.7. The molecule has 2 amide bonds. The lowest BCUT2D eigenvalue weighted by Gasteiger charge is -2.37. The average Bonchev–Trinajstić information content (AvgIpc) is 2.96.